The van der Waals surface area contributed by atoms with Crippen molar-refractivity contribution < 1.29 is 15.0 Å². The molecule has 0 spiro atoms. The van der Waals surface area contributed by atoms with Crippen LogP contribution in [0.5, 0.6) is 0 Å². The SMILES string of the molecule is CCC(CO)(CO)NC(=O)c1csc(N)n1. The monoisotopic (exact) mass is 245 g/mol. The number of nitrogens with two attached hydrogens (primary N) is 1. The van der Waals surface area contributed by atoms with E-state index in [-0.39, 0.29) is 18.9 Å². The van der Waals surface area contributed by atoms with E-state index in [1.165, 1.54) is 5.38 Å². The second kappa shape index (κ2) is 5.24. The summed E-state index contributed by atoms with van der Waals surface area (Å²) in [5.41, 5.74) is 4.60. The maximum Gasteiger partial charge on any atom is 0.271 e. The van der Waals surface area contributed by atoms with Crippen molar-refractivity contribution in [3.63, 3.8) is 0 Å². The first kappa shape index (κ1) is 12.9. The molecule has 0 saturated heterocycles. The molecule has 1 aromatic heterocycles. The number of amides is 1. The van der Waals surface area contributed by atoms with Crippen molar-refractivity contribution in [2.24, 2.45) is 0 Å². The molecule has 0 atom stereocenters. The Morgan fingerprint density at radius 2 is 2.25 bits per heavy atom. The Labute approximate surface area is 97.1 Å². The Balaban J connectivity index is 2.76. The highest BCUT2D eigenvalue weighted by Crippen LogP contribution is 2.14. The third kappa shape index (κ3) is 2.69. The molecule has 0 unspecified atom stereocenters. The third-order valence-corrected chi connectivity index (χ3v) is 3.09. The molecular weight excluding hydrogens is 230 g/mol. The summed E-state index contributed by atoms with van der Waals surface area (Å²) < 4.78 is 0. The van der Waals surface area contributed by atoms with Gasteiger partial charge >= 0.3 is 0 Å². The van der Waals surface area contributed by atoms with Gasteiger partial charge in [-0.25, -0.2) is 4.98 Å². The standard InChI is InChI=1S/C9H15N3O3S/c1-2-9(4-13,5-14)12-7(15)6-3-16-8(10)11-6/h3,13-14H,2,4-5H2,1H3,(H2,10,11)(H,12,15). The summed E-state index contributed by atoms with van der Waals surface area (Å²) in [6.07, 6.45) is 0.422. The van der Waals surface area contributed by atoms with Gasteiger partial charge in [-0.3, -0.25) is 4.79 Å². The molecule has 1 aromatic rings. The van der Waals surface area contributed by atoms with Crippen molar-refractivity contribution in [3.05, 3.63) is 11.1 Å². The first-order chi connectivity index (χ1) is 7.56. The van der Waals surface area contributed by atoms with E-state index in [1.807, 2.05) is 0 Å². The number of carbonyl (C=O) groups excluding carboxylic acids is 1. The molecule has 1 rings (SSSR count). The molecule has 7 heteroatoms. The van der Waals surface area contributed by atoms with Crippen molar-refractivity contribution in [2.45, 2.75) is 18.9 Å². The van der Waals surface area contributed by atoms with Crippen LogP contribution in [-0.4, -0.2) is 39.9 Å². The Kier molecular flexibility index (Phi) is 4.22. The number of aliphatic hydroxyl groups is 2. The van der Waals surface area contributed by atoms with E-state index in [0.29, 0.717) is 11.6 Å². The molecule has 0 bridgehead atoms. The number of anilines is 1. The van der Waals surface area contributed by atoms with Crippen LogP contribution < -0.4 is 11.1 Å². The van der Waals surface area contributed by atoms with Gasteiger partial charge < -0.3 is 21.3 Å². The highest BCUT2D eigenvalue weighted by atomic mass is 32.1. The molecule has 0 saturated carbocycles. The fourth-order valence-electron chi connectivity index (χ4n) is 1.14. The number of aliphatic hydroxyl groups excluding tert-OH is 2. The maximum atomic E-state index is 11.7. The molecule has 0 aliphatic carbocycles. The molecule has 0 aromatic carbocycles. The van der Waals surface area contributed by atoms with Gasteiger partial charge in [0.15, 0.2) is 5.13 Å². The van der Waals surface area contributed by atoms with Crippen molar-refractivity contribution in [1.82, 2.24) is 10.3 Å². The first-order valence-electron chi connectivity index (χ1n) is 4.82. The minimum Gasteiger partial charge on any atom is -0.394 e. The number of carbonyl (C=O) groups is 1. The van der Waals surface area contributed by atoms with Gasteiger partial charge in [-0.2, -0.15) is 0 Å². The van der Waals surface area contributed by atoms with Crippen molar-refractivity contribution in [3.8, 4) is 0 Å². The van der Waals surface area contributed by atoms with Crippen LogP contribution in [0.15, 0.2) is 5.38 Å². The number of rotatable bonds is 5. The number of aromatic nitrogens is 1. The van der Waals surface area contributed by atoms with Gasteiger partial charge in [0, 0.05) is 5.38 Å². The summed E-state index contributed by atoms with van der Waals surface area (Å²) in [6, 6.07) is 0. The summed E-state index contributed by atoms with van der Waals surface area (Å²) in [4.78, 5) is 15.5. The van der Waals surface area contributed by atoms with Crippen LogP contribution >= 0.6 is 11.3 Å². The van der Waals surface area contributed by atoms with Gasteiger partial charge in [0.2, 0.25) is 0 Å². The minimum atomic E-state index is -1.00. The lowest BCUT2D eigenvalue weighted by Crippen LogP contribution is -2.53. The number of nitrogens with zero attached hydrogens (tertiary/aromatic N) is 1. The number of thiazole rings is 1. The average Bonchev–Trinajstić information content (AvgIpc) is 2.73. The smallest absolute Gasteiger partial charge is 0.271 e. The van der Waals surface area contributed by atoms with Gasteiger partial charge in [0.25, 0.3) is 5.91 Å². The second-order valence-electron chi connectivity index (χ2n) is 3.48. The van der Waals surface area contributed by atoms with Crippen molar-refractivity contribution >= 4 is 22.4 Å². The Morgan fingerprint density at radius 3 is 2.62 bits per heavy atom. The molecule has 1 heterocycles. The molecule has 6 nitrogen and oxygen atoms in total. The first-order valence-corrected chi connectivity index (χ1v) is 5.70. The Bertz CT molecular complexity index is 354. The molecule has 0 fully saturated rings. The van der Waals surface area contributed by atoms with Crippen LogP contribution in [0.1, 0.15) is 23.8 Å². The summed E-state index contributed by atoms with van der Waals surface area (Å²) >= 11 is 1.16. The molecule has 0 radical (unpaired) electrons. The van der Waals surface area contributed by atoms with Crippen molar-refractivity contribution in [1.29, 1.82) is 0 Å². The zero-order valence-corrected chi connectivity index (χ0v) is 9.75. The summed E-state index contributed by atoms with van der Waals surface area (Å²) in [5.74, 6) is -0.446. The second-order valence-corrected chi connectivity index (χ2v) is 4.36. The number of nitrogen functional groups attached to an aromatic ring is 1. The summed E-state index contributed by atoms with van der Waals surface area (Å²) in [7, 11) is 0. The predicted molar refractivity (Wildman–Crippen MR) is 61.2 cm³/mol. The van der Waals surface area contributed by atoms with Crippen LogP contribution in [0.4, 0.5) is 5.13 Å². The van der Waals surface area contributed by atoms with Gasteiger partial charge in [-0.15, -0.1) is 11.3 Å². The lowest BCUT2D eigenvalue weighted by Gasteiger charge is -2.29. The molecule has 0 aliphatic rings. The normalized spacial score (nSPS) is 11.4. The molecule has 5 N–H and O–H groups in total. The molecule has 90 valence electrons. The number of hydrogen-bond acceptors (Lipinski definition) is 6. The summed E-state index contributed by atoms with van der Waals surface area (Å²) in [6.45, 7) is 1.11. The number of hydrogen-bond donors (Lipinski definition) is 4. The van der Waals surface area contributed by atoms with Crippen LogP contribution in [-0.2, 0) is 0 Å². The van der Waals surface area contributed by atoms with E-state index >= 15 is 0 Å². The third-order valence-electron chi connectivity index (χ3n) is 2.42. The van der Waals surface area contributed by atoms with Crippen LogP contribution in [0, 0.1) is 0 Å². The fourth-order valence-corrected chi connectivity index (χ4v) is 1.68. The van der Waals surface area contributed by atoms with E-state index in [9.17, 15) is 4.79 Å². The zero-order valence-electron chi connectivity index (χ0n) is 8.93. The van der Waals surface area contributed by atoms with Crippen LogP contribution in [0.3, 0.4) is 0 Å². The van der Waals surface area contributed by atoms with Crippen molar-refractivity contribution in [2.75, 3.05) is 18.9 Å². The topological polar surface area (TPSA) is 108 Å². The predicted octanol–water partition coefficient (Wildman–Crippen LogP) is -0.412. The van der Waals surface area contributed by atoms with Gasteiger partial charge in [0.05, 0.1) is 18.8 Å². The van der Waals surface area contributed by atoms with E-state index in [1.54, 1.807) is 6.92 Å². The Morgan fingerprint density at radius 1 is 1.62 bits per heavy atom. The average molecular weight is 245 g/mol. The van der Waals surface area contributed by atoms with E-state index in [4.69, 9.17) is 15.9 Å². The van der Waals surface area contributed by atoms with E-state index in [0.717, 1.165) is 11.3 Å². The highest BCUT2D eigenvalue weighted by Gasteiger charge is 2.29. The zero-order chi connectivity index (χ0) is 12.2. The van der Waals surface area contributed by atoms with Crippen LogP contribution in [0.2, 0.25) is 0 Å². The lowest BCUT2D eigenvalue weighted by molar-refractivity contribution is 0.0649. The quantitative estimate of drug-likeness (QED) is 0.564. The van der Waals surface area contributed by atoms with E-state index in [2.05, 4.69) is 10.3 Å². The largest absolute Gasteiger partial charge is 0.394 e. The van der Waals surface area contributed by atoms with E-state index < -0.39 is 11.4 Å². The molecule has 16 heavy (non-hydrogen) atoms. The molecule has 0 aliphatic heterocycles. The van der Waals surface area contributed by atoms with Gasteiger partial charge in [-0.05, 0) is 6.42 Å². The maximum absolute atomic E-state index is 11.7. The van der Waals surface area contributed by atoms with Crippen LogP contribution in [0.25, 0.3) is 0 Å². The summed E-state index contributed by atoms with van der Waals surface area (Å²) in [5, 5.41) is 22.7. The van der Waals surface area contributed by atoms with Gasteiger partial charge in [-0.1, -0.05) is 6.92 Å². The Hall–Kier alpha value is -1.18. The molecular formula is C9H15N3O3S. The highest BCUT2D eigenvalue weighted by molar-refractivity contribution is 7.13. The van der Waals surface area contributed by atoms with Gasteiger partial charge in [0.1, 0.15) is 5.69 Å². The lowest BCUT2D eigenvalue weighted by atomic mass is 9.98. The number of nitrogens with one attached hydrogen (secondary N) is 1. The molecule has 1 amide bonds. The minimum absolute atomic E-state index is 0.197. The fraction of sp³-hybridized carbons (Fsp3) is 0.556.